The molecule has 41 heavy (non-hydrogen) atoms. The summed E-state index contributed by atoms with van der Waals surface area (Å²) in [6.45, 7) is 1.65. The Balaban J connectivity index is 1.27. The van der Waals surface area contributed by atoms with E-state index in [0.717, 1.165) is 11.1 Å². The number of hydrogen-bond donors (Lipinski definition) is 0. The summed E-state index contributed by atoms with van der Waals surface area (Å²) in [6.07, 6.45) is 7.85. The molecule has 6 aromatic rings. The highest BCUT2D eigenvalue weighted by Gasteiger charge is 2.23. The average molecular weight is 553 g/mol. The number of ketones is 1. The first-order chi connectivity index (χ1) is 19.8. The highest BCUT2D eigenvalue weighted by molar-refractivity contribution is 5.98. The van der Waals surface area contributed by atoms with Crippen LogP contribution in [0.1, 0.15) is 21.6 Å². The lowest BCUT2D eigenvalue weighted by molar-refractivity contribution is 0.0991. The molecule has 204 valence electrons. The number of benzene rings is 2. The lowest BCUT2D eigenvalue weighted by atomic mass is 10.0. The van der Waals surface area contributed by atoms with Crippen molar-refractivity contribution in [2.75, 3.05) is 0 Å². The fourth-order valence-electron chi connectivity index (χ4n) is 4.80. The van der Waals surface area contributed by atoms with E-state index in [9.17, 15) is 14.0 Å². The van der Waals surface area contributed by atoms with Crippen LogP contribution in [-0.2, 0) is 13.5 Å². The van der Waals surface area contributed by atoms with E-state index in [1.807, 2.05) is 6.07 Å². The van der Waals surface area contributed by atoms with Crippen molar-refractivity contribution in [1.82, 2.24) is 28.9 Å². The molecule has 0 aliphatic heterocycles. The molecule has 4 heterocycles. The lowest BCUT2D eigenvalue weighted by Crippen LogP contribution is -2.23. The van der Waals surface area contributed by atoms with Crippen LogP contribution in [0.25, 0.3) is 22.3 Å². The Morgan fingerprint density at radius 3 is 2.46 bits per heavy atom. The summed E-state index contributed by atoms with van der Waals surface area (Å²) < 4.78 is 39.0. The number of Topliss-reactive ketones (excluding diaryl/α,β-unsaturated/α-hetero) is 1. The van der Waals surface area contributed by atoms with Crippen molar-refractivity contribution >= 4 is 11.3 Å². The molecule has 0 N–H and O–H groups in total. The second kappa shape index (κ2) is 10.3. The Morgan fingerprint density at radius 2 is 1.73 bits per heavy atom. The SMILES string of the molecule is Cc1c(C(=O)Cc2ccc(Oc3ccnn4ccc(-c5cncnc5)c34)c(F)c2)c(=O)n(-c2ccc(F)cc2)n1C. The Morgan fingerprint density at radius 1 is 0.976 bits per heavy atom. The van der Waals surface area contributed by atoms with Crippen molar-refractivity contribution in [2.24, 2.45) is 7.05 Å². The molecule has 0 saturated carbocycles. The average Bonchev–Trinajstić information content (AvgIpc) is 3.50. The van der Waals surface area contributed by atoms with Crippen LogP contribution in [0.5, 0.6) is 11.5 Å². The summed E-state index contributed by atoms with van der Waals surface area (Å²) in [5, 5.41) is 4.29. The molecule has 11 heteroatoms. The van der Waals surface area contributed by atoms with Crippen molar-refractivity contribution in [3.05, 3.63) is 125 Å². The topological polar surface area (TPSA) is 96.3 Å². The summed E-state index contributed by atoms with van der Waals surface area (Å²) in [7, 11) is 1.64. The number of nitrogens with zero attached hydrogens (tertiary/aromatic N) is 6. The highest BCUT2D eigenvalue weighted by atomic mass is 19.1. The van der Waals surface area contributed by atoms with E-state index in [1.165, 1.54) is 52.1 Å². The second-order valence-corrected chi connectivity index (χ2v) is 9.39. The molecule has 0 aliphatic carbocycles. The van der Waals surface area contributed by atoms with Gasteiger partial charge in [-0.25, -0.2) is 27.9 Å². The van der Waals surface area contributed by atoms with E-state index in [0.29, 0.717) is 28.2 Å². The van der Waals surface area contributed by atoms with Gasteiger partial charge in [-0.15, -0.1) is 0 Å². The highest BCUT2D eigenvalue weighted by Crippen LogP contribution is 2.34. The number of halogens is 2. The molecule has 0 amide bonds. The molecule has 0 fully saturated rings. The fourth-order valence-corrected chi connectivity index (χ4v) is 4.80. The lowest BCUT2D eigenvalue weighted by Gasteiger charge is -2.11. The number of fused-ring (bicyclic) bond motifs is 1. The quantitative estimate of drug-likeness (QED) is 0.256. The van der Waals surface area contributed by atoms with Crippen LogP contribution in [0.3, 0.4) is 0 Å². The third-order valence-corrected chi connectivity index (χ3v) is 6.87. The summed E-state index contributed by atoms with van der Waals surface area (Å²) >= 11 is 0. The standard InChI is InChI=1S/C30H22F2N6O3/c1-18-28(30(40)38(36(18)2)22-6-4-21(31)5-7-22)25(39)14-19-3-8-26(24(32)13-19)41-27-9-11-35-37-12-10-23(29(27)37)20-15-33-17-34-16-20/h3-13,15-17H,14H2,1-2H3. The number of aromatic nitrogens is 6. The van der Waals surface area contributed by atoms with Crippen LogP contribution < -0.4 is 10.3 Å². The van der Waals surface area contributed by atoms with Gasteiger partial charge in [-0.05, 0) is 55.0 Å². The van der Waals surface area contributed by atoms with E-state index < -0.39 is 23.0 Å². The van der Waals surface area contributed by atoms with Crippen molar-refractivity contribution in [2.45, 2.75) is 13.3 Å². The zero-order chi connectivity index (χ0) is 28.7. The Bertz CT molecular complexity index is 1980. The van der Waals surface area contributed by atoms with Crippen LogP contribution in [-0.4, -0.2) is 34.7 Å². The Hall–Kier alpha value is -5.45. The van der Waals surface area contributed by atoms with Gasteiger partial charge in [0.1, 0.15) is 23.2 Å². The first-order valence-electron chi connectivity index (χ1n) is 12.6. The minimum atomic E-state index is -0.671. The van der Waals surface area contributed by atoms with E-state index in [-0.39, 0.29) is 17.7 Å². The number of hydrogen-bond acceptors (Lipinski definition) is 6. The number of ether oxygens (including phenoxy) is 1. The molecule has 2 aromatic carbocycles. The maximum Gasteiger partial charge on any atom is 0.282 e. The zero-order valence-corrected chi connectivity index (χ0v) is 22.0. The van der Waals surface area contributed by atoms with Gasteiger partial charge >= 0.3 is 0 Å². The minimum absolute atomic E-state index is 0.0117. The van der Waals surface area contributed by atoms with Crippen molar-refractivity contribution < 1.29 is 18.3 Å². The molecule has 0 bridgehead atoms. The van der Waals surface area contributed by atoms with Crippen LogP contribution in [0.2, 0.25) is 0 Å². The Labute approximate surface area is 231 Å². The number of rotatable bonds is 7. The van der Waals surface area contributed by atoms with E-state index in [2.05, 4.69) is 15.1 Å². The fraction of sp³-hybridized carbons (Fsp3) is 0.100. The molecule has 6 rings (SSSR count). The molecule has 9 nitrogen and oxygen atoms in total. The molecular weight excluding hydrogens is 530 g/mol. The van der Waals surface area contributed by atoms with Crippen LogP contribution in [0.15, 0.2) is 90.5 Å². The van der Waals surface area contributed by atoms with Gasteiger partial charge in [0, 0.05) is 54.9 Å². The molecule has 0 saturated heterocycles. The minimum Gasteiger partial charge on any atom is -0.452 e. The van der Waals surface area contributed by atoms with Gasteiger partial charge in [-0.2, -0.15) is 5.10 Å². The van der Waals surface area contributed by atoms with Gasteiger partial charge in [0.2, 0.25) is 0 Å². The monoisotopic (exact) mass is 552 g/mol. The normalized spacial score (nSPS) is 11.2. The molecule has 0 aliphatic rings. The molecule has 0 unspecified atom stereocenters. The molecular formula is C30H22F2N6O3. The maximum absolute atomic E-state index is 15.2. The first-order valence-corrected chi connectivity index (χ1v) is 12.6. The van der Waals surface area contributed by atoms with Gasteiger partial charge in [0.05, 0.1) is 11.9 Å². The largest absolute Gasteiger partial charge is 0.452 e. The third kappa shape index (κ3) is 4.67. The van der Waals surface area contributed by atoms with Gasteiger partial charge in [0.15, 0.2) is 23.1 Å². The maximum atomic E-state index is 15.2. The third-order valence-electron chi connectivity index (χ3n) is 6.87. The summed E-state index contributed by atoms with van der Waals surface area (Å²) in [6, 6.07) is 13.1. The second-order valence-electron chi connectivity index (χ2n) is 9.39. The molecule has 4 aromatic heterocycles. The predicted molar refractivity (Wildman–Crippen MR) is 146 cm³/mol. The molecule has 0 atom stereocenters. The van der Waals surface area contributed by atoms with Gasteiger partial charge in [0.25, 0.3) is 5.56 Å². The van der Waals surface area contributed by atoms with Crippen molar-refractivity contribution in [1.29, 1.82) is 0 Å². The van der Waals surface area contributed by atoms with Gasteiger partial charge in [-0.3, -0.25) is 14.3 Å². The smallest absolute Gasteiger partial charge is 0.282 e. The first kappa shape index (κ1) is 25.8. The van der Waals surface area contributed by atoms with E-state index in [4.69, 9.17) is 4.74 Å². The predicted octanol–water partition coefficient (Wildman–Crippen LogP) is 5.09. The number of carbonyl (C=O) groups is 1. The zero-order valence-electron chi connectivity index (χ0n) is 22.0. The van der Waals surface area contributed by atoms with E-state index in [1.54, 1.807) is 55.4 Å². The van der Waals surface area contributed by atoms with Gasteiger partial charge < -0.3 is 4.74 Å². The molecule has 0 radical (unpaired) electrons. The van der Waals surface area contributed by atoms with Crippen LogP contribution >= 0.6 is 0 Å². The van der Waals surface area contributed by atoms with Crippen LogP contribution in [0, 0.1) is 18.6 Å². The number of carbonyl (C=O) groups excluding carboxylic acids is 1. The summed E-state index contributed by atoms with van der Waals surface area (Å²) in [5.74, 6) is -1.24. The Kier molecular flexibility index (Phi) is 6.46. The van der Waals surface area contributed by atoms with Crippen molar-refractivity contribution in [3.8, 4) is 28.3 Å². The van der Waals surface area contributed by atoms with Gasteiger partial charge in [-0.1, -0.05) is 6.07 Å². The van der Waals surface area contributed by atoms with E-state index >= 15 is 4.39 Å². The van der Waals surface area contributed by atoms with Crippen molar-refractivity contribution in [3.63, 3.8) is 0 Å². The summed E-state index contributed by atoms with van der Waals surface area (Å²) in [5.41, 5.74) is 2.82. The summed E-state index contributed by atoms with van der Waals surface area (Å²) in [4.78, 5) is 34.5. The van der Waals surface area contributed by atoms with Crippen LogP contribution in [0.4, 0.5) is 8.78 Å². The molecule has 0 spiro atoms.